The Morgan fingerprint density at radius 1 is 1.38 bits per heavy atom. The second-order valence-electron chi connectivity index (χ2n) is 6.08. The standard InChI is InChI=1S/C16H21N3O3S2/c1-3-11-6-4-5-7-12(11)17-15(20)8-23-16-18-13-9-24(21,22)10-14(13)19(16)2/h4-7,13-14H,3,8-10H2,1-2H3,(H,17,20). The van der Waals surface area contributed by atoms with Crippen molar-refractivity contribution in [1.82, 2.24) is 4.90 Å². The Labute approximate surface area is 146 Å². The van der Waals surface area contributed by atoms with Gasteiger partial charge in [0.1, 0.15) is 0 Å². The van der Waals surface area contributed by atoms with Gasteiger partial charge in [0, 0.05) is 12.7 Å². The molecule has 24 heavy (non-hydrogen) atoms. The molecule has 3 rings (SSSR count). The quantitative estimate of drug-likeness (QED) is 0.870. The van der Waals surface area contributed by atoms with Crippen LogP contribution in [0.1, 0.15) is 12.5 Å². The number of likely N-dealkylation sites (N-methyl/N-ethyl adjacent to an activating group) is 1. The highest BCUT2D eigenvalue weighted by Crippen LogP contribution is 2.29. The van der Waals surface area contributed by atoms with Crippen molar-refractivity contribution in [2.75, 3.05) is 29.6 Å². The number of amides is 1. The van der Waals surface area contributed by atoms with Gasteiger partial charge in [-0.3, -0.25) is 9.79 Å². The van der Waals surface area contributed by atoms with E-state index in [-0.39, 0.29) is 35.2 Å². The van der Waals surface area contributed by atoms with Crippen molar-refractivity contribution < 1.29 is 13.2 Å². The highest BCUT2D eigenvalue weighted by atomic mass is 32.2. The maximum atomic E-state index is 12.2. The predicted molar refractivity (Wildman–Crippen MR) is 98.3 cm³/mol. The molecule has 1 amide bonds. The number of aliphatic imine (C=N–C) groups is 1. The highest BCUT2D eigenvalue weighted by Gasteiger charge is 2.45. The van der Waals surface area contributed by atoms with Gasteiger partial charge >= 0.3 is 0 Å². The van der Waals surface area contributed by atoms with Crippen molar-refractivity contribution >= 4 is 38.4 Å². The summed E-state index contributed by atoms with van der Waals surface area (Å²) in [6.45, 7) is 2.05. The summed E-state index contributed by atoms with van der Waals surface area (Å²) >= 11 is 1.36. The number of fused-ring (bicyclic) bond motifs is 1. The number of hydrogen-bond donors (Lipinski definition) is 1. The molecule has 0 saturated carbocycles. The number of para-hydroxylation sites is 1. The van der Waals surface area contributed by atoms with Gasteiger partial charge in [-0.25, -0.2) is 8.42 Å². The normalized spacial score (nSPS) is 24.6. The number of aryl methyl sites for hydroxylation is 1. The lowest BCUT2D eigenvalue weighted by molar-refractivity contribution is -0.113. The van der Waals surface area contributed by atoms with Crippen molar-refractivity contribution in [3.63, 3.8) is 0 Å². The van der Waals surface area contributed by atoms with Crippen LogP contribution < -0.4 is 5.32 Å². The van der Waals surface area contributed by atoms with Gasteiger partial charge in [0.15, 0.2) is 15.0 Å². The van der Waals surface area contributed by atoms with Crippen molar-refractivity contribution in [3.8, 4) is 0 Å². The summed E-state index contributed by atoms with van der Waals surface area (Å²) in [7, 11) is -1.13. The summed E-state index contributed by atoms with van der Waals surface area (Å²) in [5.41, 5.74) is 1.95. The van der Waals surface area contributed by atoms with E-state index in [1.165, 1.54) is 11.8 Å². The molecule has 0 aliphatic carbocycles. The number of carbonyl (C=O) groups excluding carboxylic acids is 1. The number of sulfone groups is 1. The summed E-state index contributed by atoms with van der Waals surface area (Å²) in [4.78, 5) is 18.6. The van der Waals surface area contributed by atoms with E-state index in [4.69, 9.17) is 0 Å². The van der Waals surface area contributed by atoms with Gasteiger partial charge in [0.2, 0.25) is 5.91 Å². The van der Waals surface area contributed by atoms with Gasteiger partial charge < -0.3 is 10.2 Å². The van der Waals surface area contributed by atoms with Gasteiger partial charge in [0.05, 0.1) is 29.3 Å². The third-order valence-electron chi connectivity index (χ3n) is 4.37. The van der Waals surface area contributed by atoms with Crippen molar-refractivity contribution in [3.05, 3.63) is 29.8 Å². The fourth-order valence-electron chi connectivity index (χ4n) is 3.08. The van der Waals surface area contributed by atoms with Gasteiger partial charge in [-0.1, -0.05) is 36.9 Å². The maximum Gasteiger partial charge on any atom is 0.234 e. The molecule has 8 heteroatoms. The van der Waals surface area contributed by atoms with Crippen LogP contribution in [0.5, 0.6) is 0 Å². The Kier molecular flexibility index (Phi) is 4.87. The number of amidine groups is 1. The van der Waals surface area contributed by atoms with E-state index >= 15 is 0 Å². The zero-order chi connectivity index (χ0) is 17.3. The largest absolute Gasteiger partial charge is 0.348 e. The van der Waals surface area contributed by atoms with E-state index in [2.05, 4.69) is 17.2 Å². The monoisotopic (exact) mass is 367 g/mol. The zero-order valence-electron chi connectivity index (χ0n) is 13.7. The summed E-state index contributed by atoms with van der Waals surface area (Å²) < 4.78 is 23.3. The van der Waals surface area contributed by atoms with E-state index < -0.39 is 9.84 Å². The highest BCUT2D eigenvalue weighted by molar-refractivity contribution is 8.14. The molecule has 0 radical (unpaired) electrons. The molecule has 1 saturated heterocycles. The van der Waals surface area contributed by atoms with Crippen molar-refractivity contribution in [2.45, 2.75) is 25.4 Å². The van der Waals surface area contributed by atoms with Crippen LogP contribution in [0.2, 0.25) is 0 Å². The first-order valence-electron chi connectivity index (χ1n) is 7.91. The van der Waals surface area contributed by atoms with Crippen molar-refractivity contribution in [2.24, 2.45) is 4.99 Å². The van der Waals surface area contributed by atoms with Gasteiger partial charge in [-0.15, -0.1) is 0 Å². The summed E-state index contributed by atoms with van der Waals surface area (Å²) in [5, 5.41) is 3.68. The number of rotatable bonds is 4. The Morgan fingerprint density at radius 3 is 2.83 bits per heavy atom. The summed E-state index contributed by atoms with van der Waals surface area (Å²) in [6, 6.07) is 7.49. The number of benzene rings is 1. The Balaban J connectivity index is 1.57. The molecule has 0 spiro atoms. The van der Waals surface area contributed by atoms with Crippen LogP contribution in [-0.4, -0.2) is 60.8 Å². The topological polar surface area (TPSA) is 78.8 Å². The summed E-state index contributed by atoms with van der Waals surface area (Å²) in [6.07, 6.45) is 0.858. The number of thioether (sulfide) groups is 1. The first-order valence-corrected chi connectivity index (χ1v) is 10.7. The number of hydrogen-bond acceptors (Lipinski definition) is 6. The molecule has 130 valence electrons. The van der Waals surface area contributed by atoms with Gasteiger partial charge in [-0.2, -0.15) is 0 Å². The Morgan fingerprint density at radius 2 is 2.12 bits per heavy atom. The average molecular weight is 367 g/mol. The lowest BCUT2D eigenvalue weighted by atomic mass is 10.1. The average Bonchev–Trinajstić information content (AvgIpc) is 2.99. The number of nitrogens with one attached hydrogen (secondary N) is 1. The van der Waals surface area contributed by atoms with E-state index in [0.717, 1.165) is 22.8 Å². The fourth-order valence-corrected chi connectivity index (χ4v) is 5.89. The lowest BCUT2D eigenvalue weighted by Crippen LogP contribution is -2.35. The van der Waals surface area contributed by atoms with Crippen LogP contribution in [0.15, 0.2) is 29.3 Å². The summed E-state index contributed by atoms with van der Waals surface area (Å²) in [5.74, 6) is 0.439. The van der Waals surface area contributed by atoms with E-state index in [9.17, 15) is 13.2 Å². The van der Waals surface area contributed by atoms with E-state index in [0.29, 0.717) is 0 Å². The molecule has 1 aromatic carbocycles. The number of carbonyl (C=O) groups is 1. The van der Waals surface area contributed by atoms with Crippen LogP contribution in [-0.2, 0) is 21.1 Å². The predicted octanol–water partition coefficient (Wildman–Crippen LogP) is 1.39. The molecular weight excluding hydrogens is 346 g/mol. The minimum Gasteiger partial charge on any atom is -0.348 e. The third-order valence-corrected chi connectivity index (χ3v) is 7.13. The fraction of sp³-hybridized carbons (Fsp3) is 0.500. The van der Waals surface area contributed by atoms with Crippen molar-refractivity contribution in [1.29, 1.82) is 0 Å². The Bertz CT molecular complexity index is 777. The minimum absolute atomic E-state index is 0.0818. The van der Waals surface area contributed by atoms with Gasteiger partial charge in [-0.05, 0) is 18.1 Å². The molecule has 1 aromatic rings. The number of anilines is 1. The lowest BCUT2D eigenvalue weighted by Gasteiger charge is -2.20. The van der Waals surface area contributed by atoms with Gasteiger partial charge in [0.25, 0.3) is 0 Å². The molecule has 0 aromatic heterocycles. The molecule has 0 bridgehead atoms. The van der Waals surface area contributed by atoms with Crippen LogP contribution in [0.25, 0.3) is 0 Å². The molecule has 2 aliphatic heterocycles. The second-order valence-corrected chi connectivity index (χ2v) is 9.18. The molecule has 2 heterocycles. The molecule has 2 unspecified atom stereocenters. The molecule has 6 nitrogen and oxygen atoms in total. The Hall–Kier alpha value is -1.54. The molecule has 2 atom stereocenters. The minimum atomic E-state index is -2.98. The number of nitrogens with zero attached hydrogens (tertiary/aromatic N) is 2. The smallest absolute Gasteiger partial charge is 0.234 e. The first-order chi connectivity index (χ1) is 11.4. The SMILES string of the molecule is CCc1ccccc1NC(=O)CSC1=NC2CS(=O)(=O)CC2N1C. The molecule has 1 N–H and O–H groups in total. The second kappa shape index (κ2) is 6.76. The van der Waals surface area contributed by atoms with E-state index in [1.54, 1.807) is 0 Å². The van der Waals surface area contributed by atoms with Crippen LogP contribution >= 0.6 is 11.8 Å². The first kappa shape index (κ1) is 17.3. The van der Waals surface area contributed by atoms with Crippen LogP contribution in [0, 0.1) is 0 Å². The van der Waals surface area contributed by atoms with E-state index in [1.807, 2.05) is 36.2 Å². The molecular formula is C16H21N3O3S2. The van der Waals surface area contributed by atoms with Crippen LogP contribution in [0.3, 0.4) is 0 Å². The third kappa shape index (κ3) is 3.59. The maximum absolute atomic E-state index is 12.2. The molecule has 1 fully saturated rings. The molecule has 2 aliphatic rings. The zero-order valence-corrected chi connectivity index (χ0v) is 15.4. The van der Waals surface area contributed by atoms with Crippen LogP contribution in [0.4, 0.5) is 5.69 Å².